The highest BCUT2D eigenvalue weighted by Crippen LogP contribution is 2.28. The van der Waals surface area contributed by atoms with Gasteiger partial charge < -0.3 is 15.0 Å². The smallest absolute Gasteiger partial charge is 0.251 e. The molecule has 122 valence electrons. The van der Waals surface area contributed by atoms with Crippen molar-refractivity contribution in [1.82, 2.24) is 9.97 Å². The lowest BCUT2D eigenvalue weighted by Gasteiger charge is -2.12. The van der Waals surface area contributed by atoms with Crippen molar-refractivity contribution in [3.05, 3.63) is 45.3 Å². The number of aromatic nitrogens is 2. The Morgan fingerprint density at radius 1 is 1.43 bits per heavy atom. The normalized spacial score (nSPS) is 11.8. The van der Waals surface area contributed by atoms with E-state index in [0.717, 1.165) is 0 Å². The van der Waals surface area contributed by atoms with Crippen LogP contribution >= 0.6 is 23.4 Å². The first-order valence-electron chi connectivity index (χ1n) is 6.78. The van der Waals surface area contributed by atoms with Crippen molar-refractivity contribution in [1.29, 1.82) is 0 Å². The summed E-state index contributed by atoms with van der Waals surface area (Å²) in [6.45, 7) is 3.46. The number of aryl methyl sites for hydroxylation is 1. The fraction of sp³-hybridized carbons (Fsp3) is 0.267. The molecule has 2 aromatic rings. The molecule has 0 spiro atoms. The minimum absolute atomic E-state index is 0.222. The average molecular weight is 354 g/mol. The van der Waals surface area contributed by atoms with Gasteiger partial charge in [0.2, 0.25) is 5.91 Å². The van der Waals surface area contributed by atoms with Gasteiger partial charge in [-0.25, -0.2) is 4.98 Å². The van der Waals surface area contributed by atoms with Gasteiger partial charge in [0.1, 0.15) is 5.75 Å². The van der Waals surface area contributed by atoms with Gasteiger partial charge in [-0.3, -0.25) is 9.59 Å². The molecule has 0 saturated heterocycles. The first-order chi connectivity index (χ1) is 10.9. The third kappa shape index (κ3) is 4.74. The van der Waals surface area contributed by atoms with Crippen LogP contribution in [0.25, 0.3) is 0 Å². The second-order valence-electron chi connectivity index (χ2n) is 4.79. The molecular weight excluding hydrogens is 338 g/mol. The van der Waals surface area contributed by atoms with Crippen LogP contribution in [-0.2, 0) is 4.79 Å². The molecule has 0 fully saturated rings. The number of rotatable bonds is 5. The number of ether oxygens (including phenoxy) is 1. The number of carbonyl (C=O) groups is 1. The van der Waals surface area contributed by atoms with Gasteiger partial charge in [-0.15, -0.1) is 0 Å². The molecule has 23 heavy (non-hydrogen) atoms. The van der Waals surface area contributed by atoms with Gasteiger partial charge in [0, 0.05) is 17.4 Å². The third-order valence-corrected chi connectivity index (χ3v) is 4.20. The highest BCUT2D eigenvalue weighted by atomic mass is 35.5. The molecule has 6 nitrogen and oxygen atoms in total. The van der Waals surface area contributed by atoms with Gasteiger partial charge in [0.15, 0.2) is 5.16 Å². The molecule has 1 aromatic heterocycles. The maximum absolute atomic E-state index is 12.2. The molecule has 8 heteroatoms. The van der Waals surface area contributed by atoms with E-state index >= 15 is 0 Å². The van der Waals surface area contributed by atoms with Crippen molar-refractivity contribution in [3.63, 3.8) is 0 Å². The largest absolute Gasteiger partial charge is 0.495 e. The van der Waals surface area contributed by atoms with Crippen LogP contribution in [0.4, 0.5) is 5.69 Å². The van der Waals surface area contributed by atoms with Crippen molar-refractivity contribution in [2.75, 3.05) is 12.4 Å². The number of carbonyl (C=O) groups excluding carboxylic acids is 1. The van der Waals surface area contributed by atoms with Crippen molar-refractivity contribution in [3.8, 4) is 5.75 Å². The molecule has 0 aliphatic heterocycles. The summed E-state index contributed by atoms with van der Waals surface area (Å²) in [6, 6.07) is 6.39. The molecule has 1 heterocycles. The van der Waals surface area contributed by atoms with E-state index in [1.807, 2.05) is 0 Å². The van der Waals surface area contributed by atoms with E-state index < -0.39 is 5.25 Å². The molecule has 0 saturated carbocycles. The predicted molar refractivity (Wildman–Crippen MR) is 91.5 cm³/mol. The lowest BCUT2D eigenvalue weighted by molar-refractivity contribution is -0.115. The number of benzene rings is 1. The van der Waals surface area contributed by atoms with Crippen LogP contribution in [-0.4, -0.2) is 28.2 Å². The average Bonchev–Trinajstić information content (AvgIpc) is 2.46. The van der Waals surface area contributed by atoms with Crippen molar-refractivity contribution in [2.45, 2.75) is 24.3 Å². The van der Waals surface area contributed by atoms with Gasteiger partial charge in [0.05, 0.1) is 17.4 Å². The van der Waals surface area contributed by atoms with E-state index in [0.29, 0.717) is 27.3 Å². The summed E-state index contributed by atoms with van der Waals surface area (Å²) in [4.78, 5) is 30.4. The van der Waals surface area contributed by atoms with E-state index in [-0.39, 0.29) is 11.5 Å². The number of aromatic amines is 1. The Morgan fingerprint density at radius 3 is 2.78 bits per heavy atom. The molecule has 1 amide bonds. The van der Waals surface area contributed by atoms with Crippen LogP contribution in [0.15, 0.2) is 34.2 Å². The third-order valence-electron chi connectivity index (χ3n) is 2.92. The monoisotopic (exact) mass is 353 g/mol. The summed E-state index contributed by atoms with van der Waals surface area (Å²) >= 11 is 7.20. The number of hydrogen-bond acceptors (Lipinski definition) is 5. The zero-order valence-corrected chi connectivity index (χ0v) is 14.4. The number of nitrogens with one attached hydrogen (secondary N) is 2. The van der Waals surface area contributed by atoms with Crippen molar-refractivity contribution >= 4 is 35.0 Å². The van der Waals surface area contributed by atoms with Crippen molar-refractivity contribution < 1.29 is 9.53 Å². The summed E-state index contributed by atoms with van der Waals surface area (Å²) in [6.07, 6.45) is 0. The Hall–Kier alpha value is -1.99. The van der Waals surface area contributed by atoms with Crippen LogP contribution in [0.3, 0.4) is 0 Å². The molecule has 0 unspecified atom stereocenters. The number of methoxy groups -OCH3 is 1. The van der Waals surface area contributed by atoms with Crippen LogP contribution in [0.5, 0.6) is 5.75 Å². The number of halogens is 1. The number of hydrogen-bond donors (Lipinski definition) is 2. The molecular formula is C15H16ClN3O3S. The van der Waals surface area contributed by atoms with E-state index in [4.69, 9.17) is 16.3 Å². The van der Waals surface area contributed by atoms with E-state index in [9.17, 15) is 9.59 Å². The summed E-state index contributed by atoms with van der Waals surface area (Å²) < 4.78 is 5.06. The Balaban J connectivity index is 2.05. The topological polar surface area (TPSA) is 84.1 Å². The Bertz CT molecular complexity index is 779. The van der Waals surface area contributed by atoms with Gasteiger partial charge in [0.25, 0.3) is 5.56 Å². The molecule has 0 bridgehead atoms. The van der Waals surface area contributed by atoms with Crippen LogP contribution in [0.1, 0.15) is 12.6 Å². The van der Waals surface area contributed by atoms with Crippen LogP contribution in [0, 0.1) is 6.92 Å². The van der Waals surface area contributed by atoms with Gasteiger partial charge >= 0.3 is 0 Å². The molecule has 0 aliphatic carbocycles. The zero-order valence-electron chi connectivity index (χ0n) is 12.8. The zero-order chi connectivity index (χ0) is 17.0. The molecule has 2 rings (SSSR count). The van der Waals surface area contributed by atoms with E-state index in [1.54, 1.807) is 32.0 Å². The standard InChI is InChI=1S/C15H16ClN3O3S/c1-8-6-13(20)19-15(17-8)23-9(2)14(21)18-10-4-5-12(22-3)11(16)7-10/h4-7,9H,1-3H3,(H,18,21)(H,17,19,20)/t9-/m0/s1. The van der Waals surface area contributed by atoms with E-state index in [1.165, 1.54) is 24.9 Å². The van der Waals surface area contributed by atoms with Crippen LogP contribution in [0.2, 0.25) is 5.02 Å². The fourth-order valence-corrected chi connectivity index (χ4v) is 2.93. The summed E-state index contributed by atoms with van der Waals surface area (Å²) in [5.41, 5.74) is 0.930. The predicted octanol–water partition coefficient (Wildman–Crippen LogP) is 2.86. The summed E-state index contributed by atoms with van der Waals surface area (Å²) in [5.74, 6) is 0.314. The maximum atomic E-state index is 12.2. The second kappa shape index (κ2) is 7.52. The van der Waals surface area contributed by atoms with Gasteiger partial charge in [-0.1, -0.05) is 23.4 Å². The molecule has 1 atom stereocenters. The van der Waals surface area contributed by atoms with Crippen LogP contribution < -0.4 is 15.6 Å². The Morgan fingerprint density at radius 2 is 2.17 bits per heavy atom. The number of anilines is 1. The minimum Gasteiger partial charge on any atom is -0.495 e. The number of H-pyrrole nitrogens is 1. The van der Waals surface area contributed by atoms with Crippen molar-refractivity contribution in [2.24, 2.45) is 0 Å². The minimum atomic E-state index is -0.444. The quantitative estimate of drug-likeness (QED) is 0.637. The molecule has 2 N–H and O–H groups in total. The van der Waals surface area contributed by atoms with Gasteiger partial charge in [-0.2, -0.15) is 0 Å². The molecule has 0 aliphatic rings. The van der Waals surface area contributed by atoms with Gasteiger partial charge in [-0.05, 0) is 32.0 Å². The SMILES string of the molecule is COc1ccc(NC(=O)[C@H](C)Sc2nc(C)cc(=O)[nH]2)cc1Cl. The fourth-order valence-electron chi connectivity index (χ4n) is 1.82. The molecule has 0 radical (unpaired) electrons. The summed E-state index contributed by atoms with van der Waals surface area (Å²) in [7, 11) is 1.52. The number of amides is 1. The summed E-state index contributed by atoms with van der Waals surface area (Å²) in [5, 5.41) is 3.14. The molecule has 1 aromatic carbocycles. The number of thioether (sulfide) groups is 1. The first-order valence-corrected chi connectivity index (χ1v) is 8.04. The first kappa shape index (κ1) is 17.4. The highest BCUT2D eigenvalue weighted by molar-refractivity contribution is 8.00. The second-order valence-corrected chi connectivity index (χ2v) is 6.53. The lowest BCUT2D eigenvalue weighted by atomic mass is 10.3. The Kier molecular flexibility index (Phi) is 5.68. The number of nitrogens with zero attached hydrogens (tertiary/aromatic N) is 1. The lowest BCUT2D eigenvalue weighted by Crippen LogP contribution is -2.23. The Labute approximate surface area is 142 Å². The highest BCUT2D eigenvalue weighted by Gasteiger charge is 2.16. The van der Waals surface area contributed by atoms with E-state index in [2.05, 4.69) is 15.3 Å². The maximum Gasteiger partial charge on any atom is 0.251 e.